The molecule has 0 unspecified atom stereocenters. The maximum atomic E-state index is 4.03. The number of aromatic amines is 1. The number of nitrogens with zero attached hydrogens (tertiary/aromatic N) is 1. The Kier molecular flexibility index (Phi) is 1.67. The minimum atomic E-state index is 0.565. The Morgan fingerprint density at radius 1 is 1.36 bits per heavy atom. The molecule has 4 nitrogen and oxygen atoms in total. The second-order valence-corrected chi connectivity index (χ2v) is 3.64. The molecule has 1 aliphatic rings. The average Bonchev–Trinajstić information content (AvgIpc) is 2.59. The minimum absolute atomic E-state index is 0.565. The lowest BCUT2D eigenvalue weighted by Crippen LogP contribution is -2.51. The van der Waals surface area contributed by atoms with Gasteiger partial charge in [0, 0.05) is 24.2 Å². The number of fused-ring (bicyclic) bond motifs is 1. The van der Waals surface area contributed by atoms with Crippen LogP contribution in [0, 0.1) is 0 Å². The summed E-state index contributed by atoms with van der Waals surface area (Å²) >= 11 is 0. The molecule has 1 aromatic carbocycles. The van der Waals surface area contributed by atoms with E-state index in [0.29, 0.717) is 6.04 Å². The Bertz CT molecular complexity index is 444. The fourth-order valence-corrected chi connectivity index (χ4v) is 1.70. The number of H-pyrrole nitrogens is 1. The normalized spacial score (nSPS) is 16.9. The van der Waals surface area contributed by atoms with E-state index >= 15 is 0 Å². The highest BCUT2D eigenvalue weighted by Crippen LogP contribution is 2.22. The standard InChI is InChI=1S/C10H12N4/c1-2-9(13-7-4-11-5-7)8-6-12-14-10(8)3-1/h1-3,6-7,11,13H,4-5H2,(H,12,14). The third kappa shape index (κ3) is 1.15. The van der Waals surface area contributed by atoms with Gasteiger partial charge in [0.1, 0.15) is 0 Å². The molecule has 0 bridgehead atoms. The van der Waals surface area contributed by atoms with Crippen molar-refractivity contribution in [1.29, 1.82) is 0 Å². The summed E-state index contributed by atoms with van der Waals surface area (Å²) < 4.78 is 0. The third-order valence-electron chi connectivity index (χ3n) is 2.63. The van der Waals surface area contributed by atoms with Crippen LogP contribution in [0.1, 0.15) is 0 Å². The smallest absolute Gasteiger partial charge is 0.0671 e. The lowest BCUT2D eigenvalue weighted by atomic mass is 10.1. The molecule has 0 saturated carbocycles. The molecule has 72 valence electrons. The molecule has 1 fully saturated rings. The molecule has 0 aliphatic carbocycles. The molecule has 0 spiro atoms. The first kappa shape index (κ1) is 7.82. The summed E-state index contributed by atoms with van der Waals surface area (Å²) in [4.78, 5) is 0. The van der Waals surface area contributed by atoms with Crippen molar-refractivity contribution in [1.82, 2.24) is 15.5 Å². The Hall–Kier alpha value is -1.55. The van der Waals surface area contributed by atoms with Crippen LogP contribution in [0.2, 0.25) is 0 Å². The third-order valence-corrected chi connectivity index (χ3v) is 2.63. The van der Waals surface area contributed by atoms with Crippen LogP contribution in [0.25, 0.3) is 10.9 Å². The van der Waals surface area contributed by atoms with Crippen LogP contribution < -0.4 is 10.6 Å². The monoisotopic (exact) mass is 188 g/mol. The second kappa shape index (κ2) is 2.99. The Morgan fingerprint density at radius 3 is 3.07 bits per heavy atom. The molecule has 1 saturated heterocycles. The van der Waals surface area contributed by atoms with Crippen LogP contribution in [0.4, 0.5) is 5.69 Å². The lowest BCUT2D eigenvalue weighted by Gasteiger charge is -2.29. The first-order valence-corrected chi connectivity index (χ1v) is 4.83. The molecule has 4 heteroatoms. The molecule has 1 aliphatic heterocycles. The summed E-state index contributed by atoms with van der Waals surface area (Å²) in [7, 11) is 0. The summed E-state index contributed by atoms with van der Waals surface area (Å²) in [6, 6.07) is 6.73. The number of rotatable bonds is 2. The van der Waals surface area contributed by atoms with Gasteiger partial charge in [-0.1, -0.05) is 6.07 Å². The van der Waals surface area contributed by atoms with Gasteiger partial charge in [-0.2, -0.15) is 5.10 Å². The van der Waals surface area contributed by atoms with Crippen molar-refractivity contribution in [3.05, 3.63) is 24.4 Å². The molecule has 2 heterocycles. The van der Waals surface area contributed by atoms with Crippen molar-refractivity contribution in [2.24, 2.45) is 0 Å². The van der Waals surface area contributed by atoms with Gasteiger partial charge in [-0.3, -0.25) is 5.10 Å². The summed E-state index contributed by atoms with van der Waals surface area (Å²) in [6.45, 7) is 2.10. The first-order chi connectivity index (χ1) is 6.93. The predicted molar refractivity (Wildman–Crippen MR) is 56.4 cm³/mol. The van der Waals surface area contributed by atoms with Gasteiger partial charge in [0.25, 0.3) is 0 Å². The second-order valence-electron chi connectivity index (χ2n) is 3.64. The fourth-order valence-electron chi connectivity index (χ4n) is 1.70. The van der Waals surface area contributed by atoms with E-state index in [1.807, 2.05) is 18.3 Å². The van der Waals surface area contributed by atoms with Crippen LogP contribution in [0.3, 0.4) is 0 Å². The molecule has 1 aromatic heterocycles. The van der Waals surface area contributed by atoms with E-state index in [4.69, 9.17) is 0 Å². The number of hydrogen-bond donors (Lipinski definition) is 3. The Morgan fingerprint density at radius 2 is 2.29 bits per heavy atom. The van der Waals surface area contributed by atoms with Gasteiger partial charge >= 0.3 is 0 Å². The zero-order chi connectivity index (χ0) is 9.38. The van der Waals surface area contributed by atoms with Crippen LogP contribution in [-0.4, -0.2) is 29.3 Å². The molecule has 0 atom stereocenters. The largest absolute Gasteiger partial charge is 0.379 e. The SMILES string of the molecule is c1cc(NC2CNC2)c2cn[nH]c2c1. The summed E-state index contributed by atoms with van der Waals surface area (Å²) in [5.74, 6) is 0. The van der Waals surface area contributed by atoms with E-state index in [1.54, 1.807) is 0 Å². The van der Waals surface area contributed by atoms with Crippen LogP contribution in [-0.2, 0) is 0 Å². The van der Waals surface area contributed by atoms with Crippen LogP contribution >= 0.6 is 0 Å². The molecule has 3 rings (SSSR count). The van der Waals surface area contributed by atoms with Crippen molar-refractivity contribution in [3.8, 4) is 0 Å². The van der Waals surface area contributed by atoms with Crippen LogP contribution in [0.5, 0.6) is 0 Å². The molecular formula is C10H12N4. The summed E-state index contributed by atoms with van der Waals surface area (Å²) in [6.07, 6.45) is 1.86. The van der Waals surface area contributed by atoms with E-state index in [1.165, 1.54) is 11.1 Å². The fraction of sp³-hybridized carbons (Fsp3) is 0.300. The van der Waals surface area contributed by atoms with Crippen LogP contribution in [0.15, 0.2) is 24.4 Å². The van der Waals surface area contributed by atoms with E-state index in [0.717, 1.165) is 18.6 Å². The maximum absolute atomic E-state index is 4.03. The highest BCUT2D eigenvalue weighted by Gasteiger charge is 2.16. The molecule has 14 heavy (non-hydrogen) atoms. The Balaban J connectivity index is 1.97. The maximum Gasteiger partial charge on any atom is 0.0671 e. The van der Waals surface area contributed by atoms with Crippen molar-refractivity contribution in [3.63, 3.8) is 0 Å². The van der Waals surface area contributed by atoms with Gasteiger partial charge in [0.05, 0.1) is 17.8 Å². The van der Waals surface area contributed by atoms with Gasteiger partial charge in [0.15, 0.2) is 0 Å². The van der Waals surface area contributed by atoms with E-state index in [9.17, 15) is 0 Å². The molecular weight excluding hydrogens is 176 g/mol. The molecule has 0 radical (unpaired) electrons. The number of hydrogen-bond acceptors (Lipinski definition) is 3. The number of aromatic nitrogens is 2. The lowest BCUT2D eigenvalue weighted by molar-refractivity contribution is 0.472. The molecule has 2 aromatic rings. The van der Waals surface area contributed by atoms with Crippen molar-refractivity contribution < 1.29 is 0 Å². The highest BCUT2D eigenvalue weighted by molar-refractivity contribution is 5.90. The van der Waals surface area contributed by atoms with Gasteiger partial charge in [-0.15, -0.1) is 0 Å². The van der Waals surface area contributed by atoms with E-state index in [-0.39, 0.29) is 0 Å². The van der Waals surface area contributed by atoms with E-state index in [2.05, 4.69) is 26.9 Å². The number of benzene rings is 1. The van der Waals surface area contributed by atoms with Gasteiger partial charge in [-0.25, -0.2) is 0 Å². The summed E-state index contributed by atoms with van der Waals surface area (Å²) in [5.41, 5.74) is 2.25. The topological polar surface area (TPSA) is 52.7 Å². The predicted octanol–water partition coefficient (Wildman–Crippen LogP) is 0.947. The van der Waals surface area contributed by atoms with Crippen molar-refractivity contribution in [2.45, 2.75) is 6.04 Å². The quantitative estimate of drug-likeness (QED) is 0.657. The van der Waals surface area contributed by atoms with Crippen molar-refractivity contribution >= 4 is 16.6 Å². The highest BCUT2D eigenvalue weighted by atomic mass is 15.1. The number of nitrogens with one attached hydrogen (secondary N) is 3. The van der Waals surface area contributed by atoms with Crippen molar-refractivity contribution in [2.75, 3.05) is 18.4 Å². The minimum Gasteiger partial charge on any atom is -0.379 e. The summed E-state index contributed by atoms with van der Waals surface area (Å²) in [5, 5.41) is 14.9. The average molecular weight is 188 g/mol. The molecule has 0 amide bonds. The Labute approximate surface area is 81.7 Å². The van der Waals surface area contributed by atoms with Gasteiger partial charge in [0.2, 0.25) is 0 Å². The molecule has 3 N–H and O–H groups in total. The number of anilines is 1. The zero-order valence-electron chi connectivity index (χ0n) is 7.75. The van der Waals surface area contributed by atoms with Gasteiger partial charge in [-0.05, 0) is 12.1 Å². The first-order valence-electron chi connectivity index (χ1n) is 4.83. The van der Waals surface area contributed by atoms with Gasteiger partial charge < -0.3 is 10.6 Å². The van der Waals surface area contributed by atoms with E-state index < -0.39 is 0 Å². The zero-order valence-corrected chi connectivity index (χ0v) is 7.75.